The maximum absolute atomic E-state index is 11.0. The molecule has 6 nitrogen and oxygen atoms in total. The number of hydrogen-bond donors (Lipinski definition) is 0. The molecule has 1 unspecified atom stereocenters. The molecule has 1 atom stereocenters. The van der Waals surface area contributed by atoms with E-state index in [1.54, 1.807) is 12.1 Å². The first kappa shape index (κ1) is 15.3. The van der Waals surface area contributed by atoms with E-state index in [2.05, 4.69) is 0 Å². The quantitative estimate of drug-likeness (QED) is 0.456. The normalized spacial score (nSPS) is 17.1. The summed E-state index contributed by atoms with van der Waals surface area (Å²) in [5.74, 6) is 0. The average Bonchev–Trinajstić information content (AvgIpc) is 2.53. The molecule has 1 heterocycles. The molecule has 1 aromatic carbocycles. The number of non-ortho nitro benzene ring substituents is 1. The van der Waals surface area contributed by atoms with Crippen LogP contribution in [0.5, 0.6) is 0 Å². The maximum atomic E-state index is 11.0. The molecule has 0 saturated carbocycles. The van der Waals surface area contributed by atoms with Crippen LogP contribution >= 0.6 is 0 Å². The Morgan fingerprint density at radius 3 is 2.90 bits per heavy atom. The maximum Gasteiger partial charge on any atom is 0.270 e. The average molecular weight is 290 g/mol. The fourth-order valence-corrected chi connectivity index (χ4v) is 2.40. The SMILES string of the molecule is CCOC(C=O)N1CC=C(c2cccc([N+](=O)[O-])c2)CC1. The van der Waals surface area contributed by atoms with Crippen molar-refractivity contribution >= 4 is 17.5 Å². The van der Waals surface area contributed by atoms with Gasteiger partial charge in [-0.3, -0.25) is 19.8 Å². The lowest BCUT2D eigenvalue weighted by Gasteiger charge is -2.30. The van der Waals surface area contributed by atoms with Gasteiger partial charge in [0.05, 0.1) is 4.92 Å². The molecule has 0 N–H and O–H groups in total. The Labute approximate surface area is 123 Å². The van der Waals surface area contributed by atoms with Crippen molar-refractivity contribution in [1.82, 2.24) is 4.90 Å². The fraction of sp³-hybridized carbons (Fsp3) is 0.400. The Morgan fingerprint density at radius 1 is 1.52 bits per heavy atom. The third-order valence-electron chi connectivity index (χ3n) is 3.48. The molecule has 21 heavy (non-hydrogen) atoms. The van der Waals surface area contributed by atoms with Crippen molar-refractivity contribution in [3.8, 4) is 0 Å². The van der Waals surface area contributed by atoms with Crippen molar-refractivity contribution in [2.45, 2.75) is 19.6 Å². The summed E-state index contributed by atoms with van der Waals surface area (Å²) in [4.78, 5) is 23.4. The highest BCUT2D eigenvalue weighted by Gasteiger charge is 2.21. The Balaban J connectivity index is 2.10. The minimum absolute atomic E-state index is 0.0934. The van der Waals surface area contributed by atoms with Crippen LogP contribution in [0, 0.1) is 10.1 Å². The molecular weight excluding hydrogens is 272 g/mol. The summed E-state index contributed by atoms with van der Waals surface area (Å²) in [5.41, 5.74) is 2.02. The molecule has 1 aliphatic heterocycles. The minimum atomic E-state index is -0.516. The van der Waals surface area contributed by atoms with Crippen molar-refractivity contribution in [2.24, 2.45) is 0 Å². The standard InChI is InChI=1S/C15H18N2O4/c1-2-21-15(11-18)16-8-6-12(7-9-16)13-4-3-5-14(10-13)17(19)20/h3-6,10-11,15H,2,7-9H2,1H3. The molecular formula is C15H18N2O4. The van der Waals surface area contributed by atoms with Crippen LogP contribution in [-0.2, 0) is 9.53 Å². The molecule has 0 fully saturated rings. The lowest BCUT2D eigenvalue weighted by atomic mass is 9.99. The number of nitro groups is 1. The summed E-state index contributed by atoms with van der Waals surface area (Å²) in [5, 5.41) is 10.8. The topological polar surface area (TPSA) is 72.7 Å². The van der Waals surface area contributed by atoms with Crippen molar-refractivity contribution < 1.29 is 14.5 Å². The van der Waals surface area contributed by atoms with Crippen molar-refractivity contribution in [3.05, 3.63) is 46.0 Å². The molecule has 0 bridgehead atoms. The van der Waals surface area contributed by atoms with Gasteiger partial charge in [0, 0.05) is 31.8 Å². The highest BCUT2D eigenvalue weighted by Crippen LogP contribution is 2.26. The monoisotopic (exact) mass is 290 g/mol. The number of carbonyl (C=O) groups is 1. The number of nitro benzene ring substituents is 1. The van der Waals surface area contributed by atoms with Crippen LogP contribution in [0.3, 0.4) is 0 Å². The van der Waals surface area contributed by atoms with E-state index in [1.807, 2.05) is 24.0 Å². The first-order valence-electron chi connectivity index (χ1n) is 6.90. The molecule has 1 aromatic rings. The highest BCUT2D eigenvalue weighted by atomic mass is 16.6. The number of aldehydes is 1. The Hall–Kier alpha value is -2.05. The molecule has 0 amide bonds. The first-order chi connectivity index (χ1) is 10.2. The van der Waals surface area contributed by atoms with Gasteiger partial charge in [0.2, 0.25) is 0 Å². The molecule has 0 aromatic heterocycles. The van der Waals surface area contributed by atoms with E-state index in [1.165, 1.54) is 6.07 Å². The number of rotatable bonds is 6. The largest absolute Gasteiger partial charge is 0.356 e. The van der Waals surface area contributed by atoms with Crippen LogP contribution in [-0.4, -0.2) is 42.0 Å². The van der Waals surface area contributed by atoms with Crippen LogP contribution < -0.4 is 0 Å². The lowest BCUT2D eigenvalue weighted by molar-refractivity contribution is -0.384. The number of nitrogens with zero attached hydrogens (tertiary/aromatic N) is 2. The third kappa shape index (κ3) is 3.74. The zero-order valence-corrected chi connectivity index (χ0v) is 11.9. The van der Waals surface area contributed by atoms with Gasteiger partial charge in [-0.05, 0) is 24.5 Å². The number of ether oxygens (including phenoxy) is 1. The van der Waals surface area contributed by atoms with Crippen LogP contribution in [0.4, 0.5) is 5.69 Å². The fourth-order valence-electron chi connectivity index (χ4n) is 2.40. The second-order valence-electron chi connectivity index (χ2n) is 4.76. The zero-order chi connectivity index (χ0) is 15.2. The summed E-state index contributed by atoms with van der Waals surface area (Å²) in [6, 6.07) is 6.63. The summed E-state index contributed by atoms with van der Waals surface area (Å²) < 4.78 is 5.36. The van der Waals surface area contributed by atoms with Gasteiger partial charge in [-0.2, -0.15) is 0 Å². The number of benzene rings is 1. The van der Waals surface area contributed by atoms with Gasteiger partial charge < -0.3 is 4.74 Å². The molecule has 2 rings (SSSR count). The first-order valence-corrected chi connectivity index (χ1v) is 6.90. The summed E-state index contributed by atoms with van der Waals surface area (Å²) in [7, 11) is 0. The van der Waals surface area contributed by atoms with Gasteiger partial charge in [-0.25, -0.2) is 0 Å². The summed E-state index contributed by atoms with van der Waals surface area (Å²) in [6.07, 6.45) is 3.02. The second kappa shape index (κ2) is 7.10. The molecule has 0 saturated heterocycles. The van der Waals surface area contributed by atoms with Gasteiger partial charge in [0.15, 0.2) is 12.5 Å². The van der Waals surface area contributed by atoms with Gasteiger partial charge >= 0.3 is 0 Å². The van der Waals surface area contributed by atoms with E-state index >= 15 is 0 Å². The molecule has 6 heteroatoms. The van der Waals surface area contributed by atoms with E-state index in [9.17, 15) is 14.9 Å². The highest BCUT2D eigenvalue weighted by molar-refractivity contribution is 5.68. The molecule has 0 spiro atoms. The van der Waals surface area contributed by atoms with Crippen LogP contribution in [0.1, 0.15) is 18.9 Å². The Morgan fingerprint density at radius 2 is 2.33 bits per heavy atom. The minimum Gasteiger partial charge on any atom is -0.356 e. The van der Waals surface area contributed by atoms with Crippen LogP contribution in [0.25, 0.3) is 5.57 Å². The van der Waals surface area contributed by atoms with Crippen molar-refractivity contribution in [1.29, 1.82) is 0 Å². The van der Waals surface area contributed by atoms with Crippen molar-refractivity contribution in [3.63, 3.8) is 0 Å². The predicted octanol–water partition coefficient (Wildman–Crippen LogP) is 2.25. The lowest BCUT2D eigenvalue weighted by Crippen LogP contribution is -2.41. The van der Waals surface area contributed by atoms with Crippen LogP contribution in [0.2, 0.25) is 0 Å². The van der Waals surface area contributed by atoms with Gasteiger partial charge in [0.1, 0.15) is 0 Å². The van der Waals surface area contributed by atoms with Gasteiger partial charge in [0.25, 0.3) is 5.69 Å². The molecule has 112 valence electrons. The smallest absolute Gasteiger partial charge is 0.270 e. The van der Waals surface area contributed by atoms with Gasteiger partial charge in [-0.15, -0.1) is 0 Å². The van der Waals surface area contributed by atoms with Gasteiger partial charge in [-0.1, -0.05) is 18.2 Å². The second-order valence-corrected chi connectivity index (χ2v) is 4.76. The van der Waals surface area contributed by atoms with Crippen LogP contribution in [0.15, 0.2) is 30.3 Å². The van der Waals surface area contributed by atoms with E-state index in [4.69, 9.17) is 4.74 Å². The predicted molar refractivity (Wildman–Crippen MR) is 78.7 cm³/mol. The summed E-state index contributed by atoms with van der Waals surface area (Å²) in [6.45, 7) is 3.63. The molecule has 0 aliphatic carbocycles. The van der Waals surface area contributed by atoms with E-state index in [0.29, 0.717) is 19.7 Å². The Kier molecular flexibility index (Phi) is 5.19. The van der Waals surface area contributed by atoms with E-state index < -0.39 is 11.2 Å². The molecule has 0 radical (unpaired) electrons. The number of hydrogen-bond acceptors (Lipinski definition) is 5. The van der Waals surface area contributed by atoms with Crippen molar-refractivity contribution in [2.75, 3.05) is 19.7 Å². The number of carbonyl (C=O) groups excluding carboxylic acids is 1. The summed E-state index contributed by atoms with van der Waals surface area (Å²) >= 11 is 0. The van der Waals surface area contributed by atoms with E-state index in [-0.39, 0.29) is 5.69 Å². The molecule has 1 aliphatic rings. The zero-order valence-electron chi connectivity index (χ0n) is 11.9. The Bertz CT molecular complexity index is 556. The third-order valence-corrected chi connectivity index (χ3v) is 3.48. The van der Waals surface area contributed by atoms with E-state index in [0.717, 1.165) is 23.8 Å².